The molecule has 0 aromatic heterocycles. The van der Waals surface area contributed by atoms with Crippen LogP contribution in [0.5, 0.6) is 0 Å². The maximum absolute atomic E-state index is 14.4. The molecular formula is C34H40F3N2O5+. The molecular weight excluding hydrogens is 573 g/mol. The third-order valence-electron chi connectivity index (χ3n) is 11.5. The van der Waals surface area contributed by atoms with Crippen LogP contribution >= 0.6 is 0 Å². The lowest BCUT2D eigenvalue weighted by Gasteiger charge is -2.62. The summed E-state index contributed by atoms with van der Waals surface area (Å²) in [5, 5.41) is 13.1. The Bertz CT molecular complexity index is 1470. The van der Waals surface area contributed by atoms with Crippen LogP contribution in [0.25, 0.3) is 5.76 Å². The van der Waals surface area contributed by atoms with Crippen LogP contribution in [0.3, 0.4) is 0 Å². The second-order valence-electron chi connectivity index (χ2n) is 13.7. The molecule has 3 unspecified atom stereocenters. The first kappa shape index (κ1) is 29.6. The second kappa shape index (κ2) is 10.2. The highest BCUT2D eigenvalue weighted by molar-refractivity contribution is 6.01. The number of aliphatic hydroxyl groups is 1. The quantitative estimate of drug-likeness (QED) is 0.135. The molecule has 1 amide bonds. The fourth-order valence-electron chi connectivity index (χ4n) is 9.58. The first-order valence-electron chi connectivity index (χ1n) is 16.0. The molecule has 4 fully saturated rings. The number of likely N-dealkylation sites (tertiary alicyclic amines) is 1. The fraction of sp³-hybridized carbons (Fsp3) is 0.588. The molecule has 7 rings (SSSR count). The summed E-state index contributed by atoms with van der Waals surface area (Å²) in [4.78, 5) is 26.2. The highest BCUT2D eigenvalue weighted by atomic mass is 19.4. The molecule has 2 heterocycles. The minimum Gasteiger partial charge on any atom is -0.506 e. The van der Waals surface area contributed by atoms with Crippen LogP contribution in [-0.2, 0) is 19.1 Å². The number of allylic oxidation sites excluding steroid dienone is 1. The molecule has 10 heteroatoms. The van der Waals surface area contributed by atoms with Crippen LogP contribution < -0.4 is 5.32 Å². The molecule has 2 N–H and O–H groups in total. The van der Waals surface area contributed by atoms with Crippen LogP contribution in [0.1, 0.15) is 64.4 Å². The number of quaternary nitrogens is 1. The van der Waals surface area contributed by atoms with Gasteiger partial charge in [0, 0.05) is 42.6 Å². The molecule has 7 nitrogen and oxygen atoms in total. The van der Waals surface area contributed by atoms with Crippen LogP contribution in [-0.4, -0.2) is 71.3 Å². The minimum absolute atomic E-state index is 0.158. The molecule has 2 aliphatic heterocycles. The average Bonchev–Trinajstić information content (AvgIpc) is 3.72. The van der Waals surface area contributed by atoms with E-state index in [-0.39, 0.29) is 17.1 Å². The Morgan fingerprint density at radius 2 is 1.91 bits per heavy atom. The zero-order chi connectivity index (χ0) is 31.1. The number of hydrogen-bond acceptors (Lipinski definition) is 5. The van der Waals surface area contributed by atoms with Gasteiger partial charge in [0.2, 0.25) is 5.72 Å². The van der Waals surface area contributed by atoms with Crippen molar-refractivity contribution in [2.45, 2.75) is 88.9 Å². The molecule has 7 atom stereocenters. The van der Waals surface area contributed by atoms with Gasteiger partial charge in [-0.1, -0.05) is 42.8 Å². The second-order valence-corrected chi connectivity index (χ2v) is 13.7. The largest absolute Gasteiger partial charge is 0.506 e. The normalized spacial score (nSPS) is 37.7. The summed E-state index contributed by atoms with van der Waals surface area (Å²) in [6.45, 7) is 6.74. The number of rotatable bonds is 7. The van der Waals surface area contributed by atoms with Gasteiger partial charge in [-0.15, -0.1) is 0 Å². The van der Waals surface area contributed by atoms with E-state index in [2.05, 4.69) is 12.2 Å². The van der Waals surface area contributed by atoms with Gasteiger partial charge in [0.05, 0.1) is 31.8 Å². The van der Waals surface area contributed by atoms with Crippen molar-refractivity contribution in [1.29, 1.82) is 0 Å². The minimum atomic E-state index is -5.19. The number of carbonyl (C=O) groups excluding carboxylic acids is 2. The number of nitrogens with one attached hydrogen (secondary N) is 1. The Hall–Kier alpha value is -3.11. The standard InChI is InChI=1S/C34H39F3N2O5/c1-3-39(19-21-12-13-21)17-16-32-24-10-7-11-26(32)43-30-27(32)23(18-25(24)39)14-15-33(30,44-20(2)40)38-31(42)28(34(35,36)37)29(41)22-8-5-4-6-9-22/h4-6,8-9,14-15,21,24-26,30H,3,7,10-13,16-19H2,1-2H3,(H-,38,41,42)/p+1/t24-,25+,26-,30?,32+,33?,39?/m0/s1. The number of benzene rings is 1. The van der Waals surface area contributed by atoms with Crippen molar-refractivity contribution in [3.8, 4) is 0 Å². The summed E-state index contributed by atoms with van der Waals surface area (Å²) in [7, 11) is 0. The molecule has 1 aromatic rings. The summed E-state index contributed by atoms with van der Waals surface area (Å²) in [6.07, 6.45) is 4.18. The van der Waals surface area contributed by atoms with Gasteiger partial charge in [-0.3, -0.25) is 9.59 Å². The lowest BCUT2D eigenvalue weighted by atomic mass is 9.50. The SMILES string of the molecule is CC[N+]1(CC2CC2)CC[C@]23C4=C5C=CC(NC(=O)C(=C(O)c6ccccc6)C(F)(F)F)(OC(C)=O)C4O[C@H]2CCC[C@H]3[C@H]1C5. The lowest BCUT2D eigenvalue weighted by molar-refractivity contribution is -0.963. The average molecular weight is 614 g/mol. The van der Waals surface area contributed by atoms with Crippen LogP contribution in [0.4, 0.5) is 13.2 Å². The van der Waals surface area contributed by atoms with Crippen LogP contribution in [0.15, 0.2) is 59.2 Å². The van der Waals surface area contributed by atoms with E-state index in [9.17, 15) is 27.9 Å². The molecule has 4 aliphatic carbocycles. The fourth-order valence-corrected chi connectivity index (χ4v) is 9.58. The molecule has 6 aliphatic rings. The summed E-state index contributed by atoms with van der Waals surface area (Å²) in [5.74, 6) is -2.43. The Kier molecular flexibility index (Phi) is 6.86. The van der Waals surface area contributed by atoms with Crippen LogP contribution in [0, 0.1) is 17.3 Å². The van der Waals surface area contributed by atoms with E-state index in [0.29, 0.717) is 12.0 Å². The highest BCUT2D eigenvalue weighted by Gasteiger charge is 2.72. The third kappa shape index (κ3) is 4.38. The van der Waals surface area contributed by atoms with Gasteiger partial charge >= 0.3 is 12.1 Å². The number of amides is 1. The maximum atomic E-state index is 14.4. The van der Waals surface area contributed by atoms with E-state index in [1.54, 1.807) is 6.07 Å². The number of esters is 1. The monoisotopic (exact) mass is 613 g/mol. The van der Waals surface area contributed by atoms with Crippen molar-refractivity contribution >= 4 is 17.6 Å². The third-order valence-corrected chi connectivity index (χ3v) is 11.5. The Morgan fingerprint density at radius 1 is 1.16 bits per heavy atom. The molecule has 2 saturated heterocycles. The van der Waals surface area contributed by atoms with Crippen molar-refractivity contribution in [3.63, 3.8) is 0 Å². The van der Waals surface area contributed by atoms with Crippen molar-refractivity contribution in [3.05, 3.63) is 64.8 Å². The van der Waals surface area contributed by atoms with Crippen LogP contribution in [0.2, 0.25) is 0 Å². The van der Waals surface area contributed by atoms with Crippen molar-refractivity contribution < 1.29 is 41.8 Å². The maximum Gasteiger partial charge on any atom is 0.425 e. The number of halogens is 3. The number of aliphatic hydroxyl groups excluding tert-OH is 1. The number of nitrogens with zero attached hydrogens (tertiary/aromatic N) is 1. The molecule has 1 spiro atoms. The van der Waals surface area contributed by atoms with Gasteiger partial charge in [-0.05, 0) is 49.8 Å². The van der Waals surface area contributed by atoms with E-state index in [1.807, 2.05) is 6.08 Å². The smallest absolute Gasteiger partial charge is 0.425 e. The van der Waals surface area contributed by atoms with E-state index >= 15 is 0 Å². The van der Waals surface area contributed by atoms with E-state index in [0.717, 1.165) is 66.7 Å². The van der Waals surface area contributed by atoms with Crippen molar-refractivity contribution in [2.24, 2.45) is 17.3 Å². The summed E-state index contributed by atoms with van der Waals surface area (Å²) in [6, 6.07) is 7.54. The molecule has 236 valence electrons. The lowest BCUT2D eigenvalue weighted by Crippen LogP contribution is -2.70. The number of piperidine rings is 1. The number of ether oxygens (including phenoxy) is 2. The van der Waals surface area contributed by atoms with E-state index < -0.39 is 41.2 Å². The Labute approximate surface area is 255 Å². The zero-order valence-corrected chi connectivity index (χ0v) is 25.2. The highest BCUT2D eigenvalue weighted by Crippen LogP contribution is 2.67. The topological polar surface area (TPSA) is 84.9 Å². The van der Waals surface area contributed by atoms with Crippen molar-refractivity contribution in [2.75, 3.05) is 19.6 Å². The molecule has 1 aromatic carbocycles. The van der Waals surface area contributed by atoms with Gasteiger partial charge < -0.3 is 24.4 Å². The summed E-state index contributed by atoms with van der Waals surface area (Å²) >= 11 is 0. The predicted molar refractivity (Wildman–Crippen MR) is 156 cm³/mol. The number of carbonyl (C=O) groups is 2. The van der Waals surface area contributed by atoms with Gasteiger partial charge in [-0.25, -0.2) is 0 Å². The van der Waals surface area contributed by atoms with E-state index in [4.69, 9.17) is 9.47 Å². The molecule has 2 bridgehead atoms. The Morgan fingerprint density at radius 3 is 2.57 bits per heavy atom. The first-order chi connectivity index (χ1) is 20.9. The molecule has 2 saturated carbocycles. The van der Waals surface area contributed by atoms with Gasteiger partial charge in [-0.2, -0.15) is 13.2 Å². The molecule has 44 heavy (non-hydrogen) atoms. The van der Waals surface area contributed by atoms with E-state index in [1.165, 1.54) is 56.7 Å². The summed E-state index contributed by atoms with van der Waals surface area (Å²) < 4.78 is 56.9. The van der Waals surface area contributed by atoms with Gasteiger partial charge in [0.15, 0.2) is 5.57 Å². The van der Waals surface area contributed by atoms with Gasteiger partial charge in [0.1, 0.15) is 11.9 Å². The predicted octanol–water partition coefficient (Wildman–Crippen LogP) is 5.74. The molecule has 0 radical (unpaired) electrons. The van der Waals surface area contributed by atoms with Gasteiger partial charge in [0.25, 0.3) is 5.91 Å². The number of hydrogen-bond donors (Lipinski definition) is 2. The zero-order valence-electron chi connectivity index (χ0n) is 25.2. The Balaban J connectivity index is 1.30. The summed E-state index contributed by atoms with van der Waals surface area (Å²) in [5.41, 5.74) is -2.14. The number of alkyl halides is 3. The van der Waals surface area contributed by atoms with Crippen molar-refractivity contribution in [1.82, 2.24) is 5.32 Å². The first-order valence-corrected chi connectivity index (χ1v) is 16.0.